The van der Waals surface area contributed by atoms with Gasteiger partial charge in [0.15, 0.2) is 5.96 Å². The maximum absolute atomic E-state index is 13.8. The molecule has 1 fully saturated rings. The molecule has 0 spiro atoms. The van der Waals surface area contributed by atoms with Gasteiger partial charge in [-0.15, -0.1) is 0 Å². The molecule has 30 heavy (non-hydrogen) atoms. The van der Waals surface area contributed by atoms with E-state index in [1.165, 1.54) is 17.2 Å². The van der Waals surface area contributed by atoms with Crippen LogP contribution in [-0.4, -0.2) is 51.3 Å². The normalized spacial score (nSPS) is 15.2. The Morgan fingerprint density at radius 3 is 2.53 bits per heavy atom. The lowest BCUT2D eigenvalue weighted by molar-refractivity contribution is 0.0341. The summed E-state index contributed by atoms with van der Waals surface area (Å²) in [5.41, 5.74) is 4.08. The van der Waals surface area contributed by atoms with Crippen LogP contribution in [0.4, 0.5) is 4.39 Å². The minimum Gasteiger partial charge on any atom is -0.380 e. The molecule has 0 aliphatic carbocycles. The van der Waals surface area contributed by atoms with Gasteiger partial charge < -0.3 is 20.1 Å². The molecule has 2 aromatic rings. The minimum atomic E-state index is -0.250. The second-order valence-electron chi connectivity index (χ2n) is 7.30. The van der Waals surface area contributed by atoms with Gasteiger partial charge in [0.1, 0.15) is 5.82 Å². The molecule has 7 heteroatoms. The molecule has 2 aromatic carbocycles. The summed E-state index contributed by atoms with van der Waals surface area (Å²) in [7, 11) is 3.31. The van der Waals surface area contributed by atoms with Crippen molar-refractivity contribution in [3.63, 3.8) is 0 Å². The van der Waals surface area contributed by atoms with Crippen molar-refractivity contribution in [3.05, 3.63) is 70.5 Å². The Morgan fingerprint density at radius 2 is 1.80 bits per heavy atom. The molecule has 1 aliphatic rings. The zero-order valence-electron chi connectivity index (χ0n) is 17.8. The SMILES string of the molecule is CN=C(NCc1ccc(F)c(COC)c1)NCc1ccccc1CN1CCOCC1. The first-order chi connectivity index (χ1) is 14.7. The maximum Gasteiger partial charge on any atom is 0.191 e. The van der Waals surface area contributed by atoms with Crippen LogP contribution in [0.25, 0.3) is 0 Å². The minimum absolute atomic E-state index is 0.250. The molecule has 0 amide bonds. The molecule has 162 valence electrons. The Morgan fingerprint density at radius 1 is 1.07 bits per heavy atom. The number of nitrogens with zero attached hydrogens (tertiary/aromatic N) is 2. The maximum atomic E-state index is 13.8. The molecule has 0 saturated carbocycles. The smallest absolute Gasteiger partial charge is 0.191 e. The summed E-state index contributed by atoms with van der Waals surface area (Å²) >= 11 is 0. The summed E-state index contributed by atoms with van der Waals surface area (Å²) in [6.07, 6.45) is 0. The highest BCUT2D eigenvalue weighted by Crippen LogP contribution is 2.14. The van der Waals surface area contributed by atoms with E-state index in [2.05, 4.69) is 44.8 Å². The average molecular weight is 415 g/mol. The van der Waals surface area contributed by atoms with Gasteiger partial charge in [-0.3, -0.25) is 9.89 Å². The van der Waals surface area contributed by atoms with Gasteiger partial charge in [-0.25, -0.2) is 4.39 Å². The number of morpholine rings is 1. The second kappa shape index (κ2) is 11.6. The molecule has 2 N–H and O–H groups in total. The number of halogens is 1. The highest BCUT2D eigenvalue weighted by molar-refractivity contribution is 5.79. The standard InChI is InChI=1S/C23H31FN4O2/c1-25-23(26-14-18-7-8-22(24)21(13-18)17-29-2)27-15-19-5-3-4-6-20(19)16-28-9-11-30-12-10-28/h3-8,13H,9-12,14-17H2,1-2H3,(H2,25,26,27). The second-order valence-corrected chi connectivity index (χ2v) is 7.30. The first-order valence-electron chi connectivity index (χ1n) is 10.3. The van der Waals surface area contributed by atoms with E-state index >= 15 is 0 Å². The van der Waals surface area contributed by atoms with Crippen LogP contribution in [0.15, 0.2) is 47.5 Å². The summed E-state index contributed by atoms with van der Waals surface area (Å²) in [5.74, 6) is 0.453. The third-order valence-corrected chi connectivity index (χ3v) is 5.16. The molecule has 0 bridgehead atoms. The molecular weight excluding hydrogens is 383 g/mol. The van der Waals surface area contributed by atoms with Crippen LogP contribution in [0.1, 0.15) is 22.3 Å². The first-order valence-corrected chi connectivity index (χ1v) is 10.3. The van der Waals surface area contributed by atoms with Crippen molar-refractivity contribution < 1.29 is 13.9 Å². The predicted octanol–water partition coefficient (Wildman–Crippen LogP) is 2.67. The predicted molar refractivity (Wildman–Crippen MR) is 117 cm³/mol. The number of benzene rings is 2. The lowest BCUT2D eigenvalue weighted by Crippen LogP contribution is -2.37. The van der Waals surface area contributed by atoms with E-state index in [-0.39, 0.29) is 12.4 Å². The third-order valence-electron chi connectivity index (χ3n) is 5.16. The summed E-state index contributed by atoms with van der Waals surface area (Å²) in [4.78, 5) is 6.73. The van der Waals surface area contributed by atoms with E-state index in [1.807, 2.05) is 6.07 Å². The lowest BCUT2D eigenvalue weighted by atomic mass is 10.1. The third kappa shape index (κ3) is 6.52. The topological polar surface area (TPSA) is 58.1 Å². The quantitative estimate of drug-likeness (QED) is 0.514. The molecule has 1 aliphatic heterocycles. The Bertz CT molecular complexity index is 838. The van der Waals surface area contributed by atoms with Crippen LogP contribution < -0.4 is 10.6 Å². The number of ether oxygens (including phenoxy) is 2. The van der Waals surface area contributed by atoms with Gasteiger partial charge in [0, 0.05) is 52.4 Å². The van der Waals surface area contributed by atoms with Crippen LogP contribution in [0.5, 0.6) is 0 Å². The summed E-state index contributed by atoms with van der Waals surface area (Å²) < 4.78 is 24.3. The molecule has 0 aromatic heterocycles. The van der Waals surface area contributed by atoms with Gasteiger partial charge in [0.2, 0.25) is 0 Å². The largest absolute Gasteiger partial charge is 0.380 e. The molecule has 6 nitrogen and oxygen atoms in total. The van der Waals surface area contributed by atoms with Crippen molar-refractivity contribution in [1.82, 2.24) is 15.5 Å². The Labute approximate surface area is 178 Å². The zero-order valence-corrected chi connectivity index (χ0v) is 17.8. The molecule has 0 unspecified atom stereocenters. The van der Waals surface area contributed by atoms with E-state index in [1.54, 1.807) is 20.2 Å². The monoisotopic (exact) mass is 414 g/mol. The Kier molecular flexibility index (Phi) is 8.62. The number of hydrogen-bond donors (Lipinski definition) is 2. The molecule has 1 saturated heterocycles. The van der Waals surface area contributed by atoms with Gasteiger partial charge in [0.05, 0.1) is 19.8 Å². The van der Waals surface area contributed by atoms with Crippen molar-refractivity contribution in [3.8, 4) is 0 Å². The molecular formula is C23H31FN4O2. The lowest BCUT2D eigenvalue weighted by Gasteiger charge is -2.27. The molecule has 1 heterocycles. The van der Waals surface area contributed by atoms with Gasteiger partial charge in [0.25, 0.3) is 0 Å². The number of aliphatic imine (C=N–C) groups is 1. The Hall–Kier alpha value is -2.48. The van der Waals surface area contributed by atoms with Crippen molar-refractivity contribution in [1.29, 1.82) is 0 Å². The van der Waals surface area contributed by atoms with E-state index in [0.29, 0.717) is 24.6 Å². The van der Waals surface area contributed by atoms with Crippen molar-refractivity contribution in [2.45, 2.75) is 26.2 Å². The van der Waals surface area contributed by atoms with Gasteiger partial charge in [-0.05, 0) is 28.8 Å². The molecule has 0 radical (unpaired) electrons. The zero-order chi connectivity index (χ0) is 21.2. The van der Waals surface area contributed by atoms with E-state index in [0.717, 1.165) is 38.4 Å². The summed E-state index contributed by atoms with van der Waals surface area (Å²) in [6.45, 7) is 5.93. The number of nitrogens with one attached hydrogen (secondary N) is 2. The molecule has 3 rings (SSSR count). The van der Waals surface area contributed by atoms with E-state index < -0.39 is 0 Å². The fraction of sp³-hybridized carbons (Fsp3) is 0.435. The molecule has 0 atom stereocenters. The average Bonchev–Trinajstić information content (AvgIpc) is 2.78. The fourth-order valence-electron chi connectivity index (χ4n) is 3.47. The summed E-state index contributed by atoms with van der Waals surface area (Å²) in [5, 5.41) is 6.68. The number of hydrogen-bond acceptors (Lipinski definition) is 4. The van der Waals surface area contributed by atoms with Crippen LogP contribution in [0.2, 0.25) is 0 Å². The fourth-order valence-corrected chi connectivity index (χ4v) is 3.47. The Balaban J connectivity index is 1.55. The van der Waals surface area contributed by atoms with E-state index in [4.69, 9.17) is 9.47 Å². The van der Waals surface area contributed by atoms with Gasteiger partial charge in [-0.1, -0.05) is 30.3 Å². The van der Waals surface area contributed by atoms with Crippen LogP contribution in [0.3, 0.4) is 0 Å². The highest BCUT2D eigenvalue weighted by Gasteiger charge is 2.13. The van der Waals surface area contributed by atoms with Crippen molar-refractivity contribution >= 4 is 5.96 Å². The summed E-state index contributed by atoms with van der Waals surface area (Å²) in [6, 6.07) is 13.5. The number of guanidine groups is 1. The van der Waals surface area contributed by atoms with Crippen LogP contribution in [-0.2, 0) is 35.7 Å². The van der Waals surface area contributed by atoms with Crippen molar-refractivity contribution in [2.24, 2.45) is 4.99 Å². The van der Waals surface area contributed by atoms with Gasteiger partial charge in [-0.2, -0.15) is 0 Å². The van der Waals surface area contributed by atoms with Crippen LogP contribution >= 0.6 is 0 Å². The number of methoxy groups -OCH3 is 1. The first kappa shape index (κ1) is 22.2. The van der Waals surface area contributed by atoms with Crippen molar-refractivity contribution in [2.75, 3.05) is 40.5 Å². The highest BCUT2D eigenvalue weighted by atomic mass is 19.1. The van der Waals surface area contributed by atoms with E-state index in [9.17, 15) is 4.39 Å². The number of rotatable bonds is 8. The van der Waals surface area contributed by atoms with Crippen LogP contribution in [0, 0.1) is 5.82 Å². The van der Waals surface area contributed by atoms with Gasteiger partial charge >= 0.3 is 0 Å².